The molecule has 15 heavy (non-hydrogen) atoms. The van der Waals surface area contributed by atoms with E-state index in [-0.39, 0.29) is 5.75 Å². The maximum absolute atomic E-state index is 10.9. The lowest BCUT2D eigenvalue weighted by molar-refractivity contribution is 0.343. The van der Waals surface area contributed by atoms with Gasteiger partial charge in [-0.2, -0.15) is 0 Å². The zero-order chi connectivity index (χ0) is 11.5. The third-order valence-electron chi connectivity index (χ3n) is 1.85. The molecular weight excluding hydrogens is 234 g/mol. The molecular formula is C8H15N3O2S2. The largest absolute Gasteiger partial charge is 0.375 e. The van der Waals surface area contributed by atoms with Crippen molar-refractivity contribution < 1.29 is 8.42 Å². The maximum Gasteiger partial charge on any atom is 0.180 e. The Morgan fingerprint density at radius 2 is 2.27 bits per heavy atom. The Kier molecular flexibility index (Phi) is 4.06. The van der Waals surface area contributed by atoms with Crippen LogP contribution in [0.15, 0.2) is 5.38 Å². The number of rotatable bonds is 5. The minimum absolute atomic E-state index is 0.170. The molecule has 0 radical (unpaired) electrons. The van der Waals surface area contributed by atoms with Gasteiger partial charge in [-0.05, 0) is 7.05 Å². The van der Waals surface area contributed by atoms with E-state index in [1.54, 1.807) is 0 Å². The normalized spacial score (nSPS) is 12.2. The van der Waals surface area contributed by atoms with Crippen LogP contribution in [-0.2, 0) is 16.4 Å². The van der Waals surface area contributed by atoms with Crippen molar-refractivity contribution in [3.05, 3.63) is 11.1 Å². The molecule has 0 aliphatic heterocycles. The van der Waals surface area contributed by atoms with Gasteiger partial charge < -0.3 is 5.73 Å². The van der Waals surface area contributed by atoms with Gasteiger partial charge in [0.25, 0.3) is 0 Å². The fourth-order valence-corrected chi connectivity index (χ4v) is 2.27. The average Bonchev–Trinajstić information content (AvgIpc) is 2.47. The van der Waals surface area contributed by atoms with Crippen molar-refractivity contribution in [1.29, 1.82) is 0 Å². The maximum atomic E-state index is 10.9. The molecule has 0 saturated heterocycles. The monoisotopic (exact) mass is 249 g/mol. The fraction of sp³-hybridized carbons (Fsp3) is 0.625. The molecule has 0 aliphatic rings. The topological polar surface area (TPSA) is 76.3 Å². The predicted molar refractivity (Wildman–Crippen MR) is 62.6 cm³/mol. The number of hydrogen-bond acceptors (Lipinski definition) is 6. The number of nitrogens with two attached hydrogens (primary N) is 1. The van der Waals surface area contributed by atoms with Crippen molar-refractivity contribution in [3.8, 4) is 0 Å². The summed E-state index contributed by atoms with van der Waals surface area (Å²) >= 11 is 1.39. The molecule has 0 bridgehead atoms. The van der Waals surface area contributed by atoms with E-state index in [9.17, 15) is 8.42 Å². The van der Waals surface area contributed by atoms with Crippen LogP contribution >= 0.6 is 11.3 Å². The van der Waals surface area contributed by atoms with E-state index in [0.717, 1.165) is 5.69 Å². The van der Waals surface area contributed by atoms with E-state index in [4.69, 9.17) is 5.73 Å². The lowest BCUT2D eigenvalue weighted by Crippen LogP contribution is -2.25. The molecule has 2 N–H and O–H groups in total. The Labute approximate surface area is 93.8 Å². The van der Waals surface area contributed by atoms with E-state index in [2.05, 4.69) is 4.98 Å². The summed E-state index contributed by atoms with van der Waals surface area (Å²) < 4.78 is 21.9. The van der Waals surface area contributed by atoms with Crippen LogP contribution in [0.1, 0.15) is 5.69 Å². The van der Waals surface area contributed by atoms with Gasteiger partial charge in [0.15, 0.2) is 5.13 Å². The Morgan fingerprint density at radius 3 is 2.73 bits per heavy atom. The molecule has 0 fully saturated rings. The van der Waals surface area contributed by atoms with Crippen molar-refractivity contribution >= 4 is 26.3 Å². The fourth-order valence-electron chi connectivity index (χ4n) is 1.07. The summed E-state index contributed by atoms with van der Waals surface area (Å²) in [6.45, 7) is 1.14. The number of hydrogen-bond donors (Lipinski definition) is 1. The summed E-state index contributed by atoms with van der Waals surface area (Å²) in [4.78, 5) is 6.01. The van der Waals surface area contributed by atoms with E-state index in [0.29, 0.717) is 18.2 Å². The van der Waals surface area contributed by atoms with E-state index in [1.807, 2.05) is 17.3 Å². The molecule has 5 nitrogen and oxygen atoms in total. The summed E-state index contributed by atoms with van der Waals surface area (Å²) in [7, 11) is -1.03. The zero-order valence-electron chi connectivity index (χ0n) is 8.80. The number of nitrogens with zero attached hydrogens (tertiary/aromatic N) is 2. The summed E-state index contributed by atoms with van der Waals surface area (Å²) in [5, 5.41) is 2.42. The van der Waals surface area contributed by atoms with Gasteiger partial charge >= 0.3 is 0 Å². The van der Waals surface area contributed by atoms with Crippen LogP contribution in [0.25, 0.3) is 0 Å². The third-order valence-corrected chi connectivity index (χ3v) is 3.49. The molecule has 1 heterocycles. The molecule has 0 spiro atoms. The zero-order valence-corrected chi connectivity index (χ0v) is 10.4. The van der Waals surface area contributed by atoms with Crippen molar-refractivity contribution in [1.82, 2.24) is 9.88 Å². The smallest absolute Gasteiger partial charge is 0.180 e. The van der Waals surface area contributed by atoms with Gasteiger partial charge in [0, 0.05) is 24.7 Å². The molecule has 1 aromatic rings. The number of sulfone groups is 1. The van der Waals surface area contributed by atoms with Crippen molar-refractivity contribution in [2.75, 3.05) is 31.3 Å². The van der Waals surface area contributed by atoms with Gasteiger partial charge in [-0.15, -0.1) is 11.3 Å². The SMILES string of the molecule is CN(CCS(C)(=O)=O)Cc1csc(N)n1. The van der Waals surface area contributed by atoms with Gasteiger partial charge in [-0.1, -0.05) is 0 Å². The molecule has 1 aromatic heterocycles. The molecule has 0 aliphatic carbocycles. The lowest BCUT2D eigenvalue weighted by Gasteiger charge is -2.13. The van der Waals surface area contributed by atoms with E-state index < -0.39 is 9.84 Å². The van der Waals surface area contributed by atoms with E-state index in [1.165, 1.54) is 17.6 Å². The van der Waals surface area contributed by atoms with Gasteiger partial charge in [-0.25, -0.2) is 13.4 Å². The van der Waals surface area contributed by atoms with Crippen LogP contribution in [0.4, 0.5) is 5.13 Å². The lowest BCUT2D eigenvalue weighted by atomic mass is 10.4. The van der Waals surface area contributed by atoms with Crippen molar-refractivity contribution in [3.63, 3.8) is 0 Å². The van der Waals surface area contributed by atoms with Crippen LogP contribution in [0.5, 0.6) is 0 Å². The molecule has 1 rings (SSSR count). The third kappa shape index (κ3) is 5.10. The standard InChI is InChI=1S/C8H15N3O2S2/c1-11(3-4-15(2,12)13)5-7-6-14-8(9)10-7/h6H,3-5H2,1-2H3,(H2,9,10). The Bertz CT molecular complexity index is 413. The highest BCUT2D eigenvalue weighted by Gasteiger charge is 2.07. The highest BCUT2D eigenvalue weighted by atomic mass is 32.2. The Morgan fingerprint density at radius 1 is 1.60 bits per heavy atom. The first-order chi connectivity index (χ1) is 6.87. The first-order valence-corrected chi connectivity index (χ1v) is 7.37. The number of nitrogen functional groups attached to an aromatic ring is 1. The number of anilines is 1. The molecule has 0 aromatic carbocycles. The quantitative estimate of drug-likeness (QED) is 0.807. The number of aromatic nitrogens is 1. The van der Waals surface area contributed by atoms with Gasteiger partial charge in [0.05, 0.1) is 11.4 Å². The van der Waals surface area contributed by atoms with Crippen LogP contribution in [0.2, 0.25) is 0 Å². The molecule has 0 amide bonds. The van der Waals surface area contributed by atoms with Gasteiger partial charge in [0.2, 0.25) is 0 Å². The summed E-state index contributed by atoms with van der Waals surface area (Å²) in [5.41, 5.74) is 6.37. The second kappa shape index (κ2) is 4.91. The van der Waals surface area contributed by atoms with Gasteiger partial charge in [0.1, 0.15) is 9.84 Å². The highest BCUT2D eigenvalue weighted by Crippen LogP contribution is 2.12. The van der Waals surface area contributed by atoms with Gasteiger partial charge in [-0.3, -0.25) is 4.90 Å². The molecule has 7 heteroatoms. The first-order valence-electron chi connectivity index (χ1n) is 4.43. The molecule has 0 atom stereocenters. The average molecular weight is 249 g/mol. The Hall–Kier alpha value is -0.660. The first kappa shape index (κ1) is 12.4. The minimum atomic E-state index is -2.89. The van der Waals surface area contributed by atoms with Crippen LogP contribution in [0, 0.1) is 0 Å². The van der Waals surface area contributed by atoms with Crippen LogP contribution < -0.4 is 5.73 Å². The summed E-state index contributed by atoms with van der Waals surface area (Å²) in [6.07, 6.45) is 1.24. The second-order valence-electron chi connectivity index (χ2n) is 3.54. The van der Waals surface area contributed by atoms with Crippen LogP contribution in [-0.4, -0.2) is 43.9 Å². The summed E-state index contributed by atoms with van der Waals surface area (Å²) in [6, 6.07) is 0. The second-order valence-corrected chi connectivity index (χ2v) is 6.69. The Balaban J connectivity index is 2.40. The van der Waals surface area contributed by atoms with Crippen LogP contribution in [0.3, 0.4) is 0 Å². The molecule has 0 saturated carbocycles. The predicted octanol–water partition coefficient (Wildman–Crippen LogP) is 0.202. The van der Waals surface area contributed by atoms with Crippen molar-refractivity contribution in [2.24, 2.45) is 0 Å². The number of thiazole rings is 1. The highest BCUT2D eigenvalue weighted by molar-refractivity contribution is 7.90. The minimum Gasteiger partial charge on any atom is -0.375 e. The molecule has 0 unspecified atom stereocenters. The summed E-state index contributed by atoms with van der Waals surface area (Å²) in [5.74, 6) is 0.170. The van der Waals surface area contributed by atoms with Crippen molar-refractivity contribution in [2.45, 2.75) is 6.54 Å². The van der Waals surface area contributed by atoms with E-state index >= 15 is 0 Å². The molecule has 86 valence electrons.